The van der Waals surface area contributed by atoms with Gasteiger partial charge in [0.1, 0.15) is 5.76 Å². The average Bonchev–Trinajstić information content (AvgIpc) is 3.35. The van der Waals surface area contributed by atoms with Crippen LogP contribution >= 0.6 is 35.3 Å². The predicted octanol–water partition coefficient (Wildman–Crippen LogP) is 3.39. The molecule has 2 N–H and O–H groups in total. The first kappa shape index (κ1) is 21.2. The molecule has 0 aliphatic carbocycles. The number of thiophene rings is 1. The summed E-state index contributed by atoms with van der Waals surface area (Å²) in [5.74, 6) is 2.26. The van der Waals surface area contributed by atoms with E-state index in [-0.39, 0.29) is 30.1 Å². The minimum atomic E-state index is -0.263. The molecule has 144 valence electrons. The van der Waals surface area contributed by atoms with Crippen LogP contribution in [0.15, 0.2) is 45.3 Å². The van der Waals surface area contributed by atoms with E-state index in [9.17, 15) is 5.11 Å². The zero-order valence-electron chi connectivity index (χ0n) is 15.1. The smallest absolute Gasteiger partial charge is 0.193 e. The summed E-state index contributed by atoms with van der Waals surface area (Å²) in [6.45, 7) is 5.26. The fraction of sp³-hybridized carbons (Fsp3) is 0.526. The second-order valence-electron chi connectivity index (χ2n) is 6.53. The van der Waals surface area contributed by atoms with E-state index in [2.05, 4.69) is 27.7 Å². The van der Waals surface area contributed by atoms with Crippen molar-refractivity contribution in [3.8, 4) is 0 Å². The van der Waals surface area contributed by atoms with E-state index in [1.165, 1.54) is 4.88 Å². The number of furan rings is 1. The van der Waals surface area contributed by atoms with Gasteiger partial charge in [0.05, 0.1) is 12.4 Å². The molecule has 2 atom stereocenters. The second kappa shape index (κ2) is 10.9. The normalized spacial score (nSPS) is 18.6. The number of halogens is 1. The topological polar surface area (TPSA) is 61.0 Å². The zero-order valence-corrected chi connectivity index (χ0v) is 18.3. The van der Waals surface area contributed by atoms with Crippen molar-refractivity contribution in [1.29, 1.82) is 0 Å². The molecule has 0 radical (unpaired) electrons. The number of nitrogens with one attached hydrogen (secondary N) is 1. The van der Waals surface area contributed by atoms with Gasteiger partial charge in [0.25, 0.3) is 0 Å². The van der Waals surface area contributed by atoms with E-state index in [1.807, 2.05) is 19.1 Å². The van der Waals surface area contributed by atoms with Gasteiger partial charge in [-0.1, -0.05) is 6.07 Å². The van der Waals surface area contributed by atoms with Crippen LogP contribution < -0.4 is 5.32 Å². The number of aliphatic hydroxyl groups excluding tert-OH is 1. The maximum atomic E-state index is 9.86. The monoisotopic (exact) mass is 489 g/mol. The quantitative estimate of drug-likeness (QED) is 0.356. The molecule has 3 heterocycles. The number of hydrogen-bond donors (Lipinski definition) is 2. The van der Waals surface area contributed by atoms with Crippen molar-refractivity contribution in [2.45, 2.75) is 32.3 Å². The summed E-state index contributed by atoms with van der Waals surface area (Å²) < 4.78 is 5.39. The minimum absolute atomic E-state index is 0. The van der Waals surface area contributed by atoms with Gasteiger partial charge in [-0.3, -0.25) is 4.99 Å². The number of hydrogen-bond acceptors (Lipinski definition) is 4. The van der Waals surface area contributed by atoms with Gasteiger partial charge in [0.2, 0.25) is 0 Å². The summed E-state index contributed by atoms with van der Waals surface area (Å²) in [5, 5.41) is 15.4. The maximum Gasteiger partial charge on any atom is 0.193 e. The molecular weight excluding hydrogens is 461 g/mol. The van der Waals surface area contributed by atoms with Gasteiger partial charge in [0.15, 0.2) is 5.96 Å². The van der Waals surface area contributed by atoms with Crippen molar-refractivity contribution >= 4 is 41.3 Å². The first-order valence-electron chi connectivity index (χ1n) is 8.98. The Morgan fingerprint density at radius 1 is 1.42 bits per heavy atom. The Kier molecular flexibility index (Phi) is 8.94. The number of aliphatic imine (C=N–C) groups is 1. The molecule has 1 fully saturated rings. The molecule has 5 nitrogen and oxygen atoms in total. The number of rotatable bonds is 7. The van der Waals surface area contributed by atoms with Gasteiger partial charge in [0, 0.05) is 49.8 Å². The fourth-order valence-corrected chi connectivity index (χ4v) is 3.82. The van der Waals surface area contributed by atoms with Crippen LogP contribution in [0, 0.1) is 5.92 Å². The van der Waals surface area contributed by atoms with Gasteiger partial charge in [-0.05, 0) is 36.9 Å². The van der Waals surface area contributed by atoms with Gasteiger partial charge >= 0.3 is 0 Å². The largest absolute Gasteiger partial charge is 0.469 e. The third kappa shape index (κ3) is 6.28. The number of nitrogens with zero attached hydrogens (tertiary/aromatic N) is 2. The third-order valence-electron chi connectivity index (χ3n) is 4.64. The molecule has 0 spiro atoms. The molecule has 0 bridgehead atoms. The van der Waals surface area contributed by atoms with E-state index in [1.54, 1.807) is 17.6 Å². The lowest BCUT2D eigenvalue weighted by Crippen LogP contribution is -2.41. The highest BCUT2D eigenvalue weighted by molar-refractivity contribution is 14.0. The van der Waals surface area contributed by atoms with Crippen LogP contribution in [0.5, 0.6) is 0 Å². The summed E-state index contributed by atoms with van der Waals surface area (Å²) in [5.41, 5.74) is 0. The van der Waals surface area contributed by atoms with Gasteiger partial charge in [-0.15, -0.1) is 35.3 Å². The van der Waals surface area contributed by atoms with E-state index in [0.717, 1.165) is 57.2 Å². The number of likely N-dealkylation sites (tertiary alicyclic amines) is 1. The Balaban J connectivity index is 0.00000243. The van der Waals surface area contributed by atoms with Crippen LogP contribution in [-0.4, -0.2) is 48.2 Å². The third-order valence-corrected chi connectivity index (χ3v) is 5.58. The fourth-order valence-electron chi connectivity index (χ4n) is 3.12. The van der Waals surface area contributed by atoms with Crippen molar-refractivity contribution in [2.75, 3.05) is 26.2 Å². The second-order valence-corrected chi connectivity index (χ2v) is 7.56. The molecule has 1 saturated heterocycles. The standard InChI is InChI=1S/C19H27N3O2S.HI/c1-15(23)16-8-11-22(14-16)19(20-9-6-17-4-2-12-24-17)21-10-7-18-5-3-13-25-18;/h2-5,12-13,15-16,23H,6-11,14H2,1H3,(H,20,21);1H. The first-order valence-corrected chi connectivity index (χ1v) is 9.86. The van der Waals surface area contributed by atoms with Crippen LogP contribution in [-0.2, 0) is 12.8 Å². The summed E-state index contributed by atoms with van der Waals surface area (Å²) >= 11 is 1.78. The first-order chi connectivity index (χ1) is 12.2. The van der Waals surface area contributed by atoms with E-state index in [0.29, 0.717) is 5.92 Å². The summed E-state index contributed by atoms with van der Waals surface area (Å²) in [6.07, 6.45) is 4.26. The lowest BCUT2D eigenvalue weighted by Gasteiger charge is -2.22. The highest BCUT2D eigenvalue weighted by Gasteiger charge is 2.27. The maximum absolute atomic E-state index is 9.86. The Morgan fingerprint density at radius 2 is 2.31 bits per heavy atom. The zero-order chi connectivity index (χ0) is 17.5. The van der Waals surface area contributed by atoms with Crippen molar-refractivity contribution < 1.29 is 9.52 Å². The molecule has 2 aromatic heterocycles. The molecule has 1 aliphatic heterocycles. The van der Waals surface area contributed by atoms with Crippen LogP contribution in [0.1, 0.15) is 24.0 Å². The molecule has 3 rings (SSSR count). The van der Waals surface area contributed by atoms with E-state index in [4.69, 9.17) is 9.41 Å². The van der Waals surface area contributed by atoms with Gasteiger partial charge in [-0.25, -0.2) is 0 Å². The Bertz CT molecular complexity index is 644. The molecule has 7 heteroatoms. The van der Waals surface area contributed by atoms with E-state index >= 15 is 0 Å². The van der Waals surface area contributed by atoms with Crippen LogP contribution in [0.2, 0.25) is 0 Å². The Morgan fingerprint density at radius 3 is 2.96 bits per heavy atom. The molecule has 0 aromatic carbocycles. The number of guanidine groups is 1. The van der Waals surface area contributed by atoms with Crippen LogP contribution in [0.3, 0.4) is 0 Å². The predicted molar refractivity (Wildman–Crippen MR) is 118 cm³/mol. The highest BCUT2D eigenvalue weighted by atomic mass is 127. The lowest BCUT2D eigenvalue weighted by molar-refractivity contribution is 0.132. The van der Waals surface area contributed by atoms with Crippen LogP contribution in [0.4, 0.5) is 0 Å². The van der Waals surface area contributed by atoms with Crippen LogP contribution in [0.25, 0.3) is 0 Å². The average molecular weight is 489 g/mol. The molecular formula is C19H28IN3O2S. The summed E-state index contributed by atoms with van der Waals surface area (Å²) in [6, 6.07) is 8.15. The number of aliphatic hydroxyl groups is 1. The SMILES string of the molecule is CC(O)C1CCN(C(=NCCc2cccs2)NCCc2ccco2)C1.I. The molecule has 26 heavy (non-hydrogen) atoms. The lowest BCUT2D eigenvalue weighted by atomic mass is 10.0. The molecule has 0 saturated carbocycles. The highest BCUT2D eigenvalue weighted by Crippen LogP contribution is 2.19. The van der Waals surface area contributed by atoms with Gasteiger partial charge in [-0.2, -0.15) is 0 Å². The Hall–Kier alpha value is -1.06. The van der Waals surface area contributed by atoms with Crippen molar-refractivity contribution in [2.24, 2.45) is 10.9 Å². The molecule has 1 aliphatic rings. The minimum Gasteiger partial charge on any atom is -0.469 e. The summed E-state index contributed by atoms with van der Waals surface area (Å²) in [7, 11) is 0. The van der Waals surface area contributed by atoms with Crippen molar-refractivity contribution in [3.63, 3.8) is 0 Å². The van der Waals surface area contributed by atoms with Crippen molar-refractivity contribution in [3.05, 3.63) is 46.5 Å². The van der Waals surface area contributed by atoms with E-state index < -0.39 is 0 Å². The van der Waals surface area contributed by atoms with Crippen molar-refractivity contribution in [1.82, 2.24) is 10.2 Å². The molecule has 2 unspecified atom stereocenters. The van der Waals surface area contributed by atoms with Gasteiger partial charge < -0.3 is 19.7 Å². The Labute approximate surface area is 176 Å². The molecule has 2 aromatic rings. The molecule has 0 amide bonds. The summed E-state index contributed by atoms with van der Waals surface area (Å²) in [4.78, 5) is 8.45.